The molecule has 0 saturated heterocycles. The maximum absolute atomic E-state index is 12.0. The van der Waals surface area contributed by atoms with Crippen molar-refractivity contribution >= 4 is 5.97 Å². The molecule has 0 spiro atoms. The van der Waals surface area contributed by atoms with Crippen LogP contribution in [0.2, 0.25) is 0 Å². The van der Waals surface area contributed by atoms with Crippen LogP contribution in [-0.2, 0) is 11.2 Å². The van der Waals surface area contributed by atoms with E-state index in [1.165, 1.54) is 6.20 Å². The molecule has 2 heterocycles. The predicted octanol–water partition coefficient (Wildman–Crippen LogP) is 4.04. The number of hydrogen-bond donors (Lipinski definition) is 1. The van der Waals surface area contributed by atoms with Gasteiger partial charge in [-0.3, -0.25) is 4.98 Å². The Morgan fingerprint density at radius 3 is 2.77 bits per heavy atom. The minimum Gasteiger partial charge on any atom is -0.507 e. The van der Waals surface area contributed by atoms with Crippen LogP contribution >= 0.6 is 0 Å². The molecular weight excluding hydrogens is 330 g/mol. The number of phenolic OH excluding ortho intramolecular Hbond substituents is 1. The summed E-state index contributed by atoms with van der Waals surface area (Å²) >= 11 is 0. The van der Waals surface area contributed by atoms with Gasteiger partial charge in [-0.25, -0.2) is 4.79 Å². The molecule has 1 unspecified atom stereocenters. The maximum atomic E-state index is 12.0. The van der Waals surface area contributed by atoms with E-state index < -0.39 is 5.60 Å². The zero-order valence-corrected chi connectivity index (χ0v) is 15.8. The second kappa shape index (κ2) is 6.98. The Balaban J connectivity index is 1.68. The first-order chi connectivity index (χ1) is 12.3. The van der Waals surface area contributed by atoms with E-state index in [0.717, 1.165) is 40.8 Å². The Kier molecular flexibility index (Phi) is 4.90. The van der Waals surface area contributed by atoms with E-state index in [9.17, 15) is 9.90 Å². The third-order valence-corrected chi connectivity index (χ3v) is 5.35. The highest BCUT2D eigenvalue weighted by molar-refractivity contribution is 5.88. The molecule has 1 aliphatic rings. The van der Waals surface area contributed by atoms with Gasteiger partial charge in [-0.05, 0) is 69.4 Å². The van der Waals surface area contributed by atoms with Gasteiger partial charge >= 0.3 is 5.97 Å². The van der Waals surface area contributed by atoms with Crippen molar-refractivity contribution in [3.05, 3.63) is 52.3 Å². The van der Waals surface area contributed by atoms with E-state index in [1.54, 1.807) is 18.3 Å². The number of carbonyl (C=O) groups is 1. The number of nitrogens with zero attached hydrogens (tertiary/aromatic N) is 1. The lowest BCUT2D eigenvalue weighted by atomic mass is 9.86. The van der Waals surface area contributed by atoms with Crippen LogP contribution in [0.25, 0.3) is 0 Å². The lowest BCUT2D eigenvalue weighted by molar-refractivity contribution is 0.0178. The van der Waals surface area contributed by atoms with Crippen LogP contribution in [0.4, 0.5) is 0 Å². The summed E-state index contributed by atoms with van der Waals surface area (Å²) in [4.78, 5) is 16.0. The van der Waals surface area contributed by atoms with Crippen LogP contribution in [0.3, 0.4) is 0 Å². The summed E-state index contributed by atoms with van der Waals surface area (Å²) in [5.41, 5.74) is 3.85. The van der Waals surface area contributed by atoms with Gasteiger partial charge < -0.3 is 14.6 Å². The maximum Gasteiger partial charge on any atom is 0.339 e. The molecule has 0 aliphatic carbocycles. The van der Waals surface area contributed by atoms with Crippen molar-refractivity contribution in [2.75, 3.05) is 6.61 Å². The summed E-state index contributed by atoms with van der Waals surface area (Å²) in [6.07, 6.45) is 5.38. The SMILES string of the molecule is Cc1c(C)c2c(c(C)c1O)CCC(C)(CCOC(=O)c1cccnc1)O2. The molecule has 5 nitrogen and oxygen atoms in total. The van der Waals surface area contributed by atoms with Crippen molar-refractivity contribution < 1.29 is 19.4 Å². The van der Waals surface area contributed by atoms with E-state index in [-0.39, 0.29) is 12.6 Å². The third-order valence-electron chi connectivity index (χ3n) is 5.35. The zero-order valence-electron chi connectivity index (χ0n) is 15.8. The summed E-state index contributed by atoms with van der Waals surface area (Å²) in [6.45, 7) is 8.15. The van der Waals surface area contributed by atoms with E-state index in [0.29, 0.717) is 17.7 Å². The highest BCUT2D eigenvalue weighted by Crippen LogP contribution is 2.43. The zero-order chi connectivity index (χ0) is 18.9. The fraction of sp³-hybridized carbons (Fsp3) is 0.429. The van der Waals surface area contributed by atoms with Crippen LogP contribution in [0.5, 0.6) is 11.5 Å². The van der Waals surface area contributed by atoms with Gasteiger partial charge in [-0.15, -0.1) is 0 Å². The minimum atomic E-state index is -0.400. The van der Waals surface area contributed by atoms with Crippen LogP contribution in [0, 0.1) is 20.8 Å². The number of fused-ring (bicyclic) bond motifs is 1. The molecule has 0 radical (unpaired) electrons. The average Bonchev–Trinajstić information content (AvgIpc) is 2.65. The number of benzene rings is 1. The molecule has 1 aliphatic heterocycles. The van der Waals surface area contributed by atoms with Gasteiger partial charge in [0.15, 0.2) is 0 Å². The largest absolute Gasteiger partial charge is 0.507 e. The summed E-state index contributed by atoms with van der Waals surface area (Å²) in [5, 5.41) is 10.3. The number of ether oxygens (including phenoxy) is 2. The number of hydrogen-bond acceptors (Lipinski definition) is 5. The molecule has 0 fully saturated rings. The van der Waals surface area contributed by atoms with Gasteiger partial charge in [-0.2, -0.15) is 0 Å². The Hall–Kier alpha value is -2.56. The molecule has 0 bridgehead atoms. The number of aromatic hydroxyl groups is 1. The van der Waals surface area contributed by atoms with Gasteiger partial charge in [0.25, 0.3) is 0 Å². The summed E-state index contributed by atoms with van der Waals surface area (Å²) in [6, 6.07) is 3.40. The van der Waals surface area contributed by atoms with Gasteiger partial charge in [-0.1, -0.05) is 0 Å². The van der Waals surface area contributed by atoms with Crippen molar-refractivity contribution in [1.29, 1.82) is 0 Å². The average molecular weight is 355 g/mol. The summed E-state index contributed by atoms with van der Waals surface area (Å²) in [7, 11) is 0. The third kappa shape index (κ3) is 3.39. The topological polar surface area (TPSA) is 68.7 Å². The second-order valence-corrected chi connectivity index (χ2v) is 7.21. The number of phenols is 1. The molecule has 5 heteroatoms. The first-order valence-electron chi connectivity index (χ1n) is 8.90. The number of rotatable bonds is 4. The van der Waals surface area contributed by atoms with Gasteiger partial charge in [0.2, 0.25) is 0 Å². The molecule has 0 saturated carbocycles. The van der Waals surface area contributed by atoms with Crippen LogP contribution in [-0.4, -0.2) is 28.3 Å². The van der Waals surface area contributed by atoms with Gasteiger partial charge in [0, 0.05) is 24.4 Å². The van der Waals surface area contributed by atoms with Crippen LogP contribution in [0.15, 0.2) is 24.5 Å². The Labute approximate surface area is 154 Å². The van der Waals surface area contributed by atoms with E-state index in [2.05, 4.69) is 4.98 Å². The van der Waals surface area contributed by atoms with Crippen LogP contribution in [0.1, 0.15) is 52.4 Å². The minimum absolute atomic E-state index is 0.286. The fourth-order valence-corrected chi connectivity index (χ4v) is 3.40. The quantitative estimate of drug-likeness (QED) is 0.838. The van der Waals surface area contributed by atoms with Crippen molar-refractivity contribution in [3.63, 3.8) is 0 Å². The molecule has 1 aromatic heterocycles. The van der Waals surface area contributed by atoms with Crippen molar-refractivity contribution in [3.8, 4) is 11.5 Å². The molecule has 26 heavy (non-hydrogen) atoms. The smallest absolute Gasteiger partial charge is 0.339 e. The molecule has 138 valence electrons. The Morgan fingerprint density at radius 2 is 2.08 bits per heavy atom. The Morgan fingerprint density at radius 1 is 1.31 bits per heavy atom. The van der Waals surface area contributed by atoms with E-state index in [1.807, 2.05) is 27.7 Å². The highest BCUT2D eigenvalue weighted by atomic mass is 16.5. The lowest BCUT2D eigenvalue weighted by Crippen LogP contribution is -2.38. The molecule has 1 aromatic carbocycles. The molecule has 0 amide bonds. The van der Waals surface area contributed by atoms with E-state index in [4.69, 9.17) is 9.47 Å². The fourth-order valence-electron chi connectivity index (χ4n) is 3.40. The summed E-state index contributed by atoms with van der Waals surface area (Å²) < 4.78 is 11.7. The standard InChI is InChI=1S/C21H25NO4/c1-13-14(2)19-17(15(3)18(13)23)7-8-21(4,26-19)9-11-25-20(24)16-6-5-10-22-12-16/h5-6,10,12,23H,7-9,11H2,1-4H3. The van der Waals surface area contributed by atoms with E-state index >= 15 is 0 Å². The number of carbonyl (C=O) groups excluding carboxylic acids is 1. The number of esters is 1. The highest BCUT2D eigenvalue weighted by Gasteiger charge is 2.34. The number of aromatic nitrogens is 1. The molecule has 2 aromatic rings. The lowest BCUT2D eigenvalue weighted by Gasteiger charge is -2.37. The second-order valence-electron chi connectivity index (χ2n) is 7.21. The first kappa shape index (κ1) is 18.2. The monoisotopic (exact) mass is 355 g/mol. The normalized spacial score (nSPS) is 18.8. The van der Waals surface area contributed by atoms with Crippen molar-refractivity contribution in [2.24, 2.45) is 0 Å². The molecular formula is C21H25NO4. The molecule has 1 N–H and O–H groups in total. The Bertz CT molecular complexity index is 832. The molecule has 3 rings (SSSR count). The number of pyridine rings is 1. The van der Waals surface area contributed by atoms with Crippen LogP contribution < -0.4 is 4.74 Å². The predicted molar refractivity (Wildman–Crippen MR) is 98.8 cm³/mol. The van der Waals surface area contributed by atoms with Crippen molar-refractivity contribution in [2.45, 2.75) is 52.6 Å². The first-order valence-corrected chi connectivity index (χ1v) is 8.90. The molecule has 1 atom stereocenters. The van der Waals surface area contributed by atoms with Crippen molar-refractivity contribution in [1.82, 2.24) is 4.98 Å². The van der Waals surface area contributed by atoms with Gasteiger partial charge in [0.1, 0.15) is 17.1 Å². The van der Waals surface area contributed by atoms with Gasteiger partial charge in [0.05, 0.1) is 12.2 Å². The summed E-state index contributed by atoms with van der Waals surface area (Å²) in [5.74, 6) is 0.856.